The molecule has 0 aromatic heterocycles. The molecule has 0 aromatic carbocycles. The summed E-state index contributed by atoms with van der Waals surface area (Å²) in [6, 6.07) is -1.04. The number of esters is 2. The fourth-order valence-electron chi connectivity index (χ4n) is 1.65. The number of hydrogen-bond acceptors (Lipinski definition) is 8. The molecule has 0 fully saturated rings. The quantitative estimate of drug-likeness (QED) is 0.339. The molecule has 0 aliphatic carbocycles. The van der Waals surface area contributed by atoms with Gasteiger partial charge in [-0.15, -0.1) is 0 Å². The van der Waals surface area contributed by atoms with Gasteiger partial charge in [0.25, 0.3) is 0 Å². The van der Waals surface area contributed by atoms with Gasteiger partial charge in [0.1, 0.15) is 6.04 Å². The largest absolute Gasteiger partial charge is 0.464 e. The Morgan fingerprint density at radius 2 is 1.52 bits per heavy atom. The van der Waals surface area contributed by atoms with Crippen molar-refractivity contribution in [3.05, 3.63) is 0 Å². The van der Waals surface area contributed by atoms with Gasteiger partial charge in [-0.1, -0.05) is 32.5 Å². The van der Waals surface area contributed by atoms with Crippen LogP contribution in [0.25, 0.3) is 0 Å². The highest BCUT2D eigenvalue weighted by Gasteiger charge is 2.32. The van der Waals surface area contributed by atoms with Crippen molar-refractivity contribution in [3.8, 4) is 0 Å². The Kier molecular flexibility index (Phi) is 10.7. The second kappa shape index (κ2) is 11.6. The first-order valence-electron chi connectivity index (χ1n) is 8.00. The average molecular weight is 375 g/mol. The first kappa shape index (κ1) is 23.1. The average Bonchev–Trinajstić information content (AvgIpc) is 2.51. The van der Waals surface area contributed by atoms with E-state index in [1.165, 1.54) is 0 Å². The molecule has 0 radical (unpaired) electrons. The molecule has 0 heterocycles. The number of rotatable bonds is 10. The number of amides is 1. The van der Waals surface area contributed by atoms with Crippen molar-refractivity contribution in [1.29, 1.82) is 0 Å². The molecule has 0 spiro atoms. The molecule has 8 nitrogen and oxygen atoms in total. The lowest BCUT2D eigenvalue weighted by molar-refractivity contribution is -0.154. The number of carbonyl (C=O) groups excluding carboxylic acids is 5. The van der Waals surface area contributed by atoms with Crippen molar-refractivity contribution in [2.75, 3.05) is 13.2 Å². The number of Topliss-reactive ketones (excluding diaryl/α,β-unsaturated/α-hetero) is 1. The Labute approximate surface area is 151 Å². The van der Waals surface area contributed by atoms with Crippen molar-refractivity contribution in [3.63, 3.8) is 0 Å². The Bertz CT molecular complexity index is 519. The van der Waals surface area contributed by atoms with E-state index in [9.17, 15) is 24.0 Å². The van der Waals surface area contributed by atoms with Gasteiger partial charge in [-0.05, 0) is 13.8 Å². The maximum Gasteiger partial charge on any atom is 0.375 e. The summed E-state index contributed by atoms with van der Waals surface area (Å²) in [5.74, 6) is -3.40. The van der Waals surface area contributed by atoms with E-state index in [1.54, 1.807) is 34.6 Å². The standard InChI is InChI=1S/C16H25NO7S/c1-6-23-15(21)11(18)8-12(19)25-10(5)13(16(22)24-7-2)17-14(20)9(3)4/h9-10,13H,6-8H2,1-5H3,(H,17,20). The Morgan fingerprint density at radius 3 is 2.00 bits per heavy atom. The van der Waals surface area contributed by atoms with Crippen molar-refractivity contribution in [2.24, 2.45) is 5.92 Å². The fraction of sp³-hybridized carbons (Fsp3) is 0.688. The van der Waals surface area contributed by atoms with E-state index in [0.717, 1.165) is 0 Å². The zero-order chi connectivity index (χ0) is 19.6. The van der Waals surface area contributed by atoms with Crippen molar-refractivity contribution in [1.82, 2.24) is 5.32 Å². The van der Waals surface area contributed by atoms with Crippen LogP contribution in [0.1, 0.15) is 41.0 Å². The van der Waals surface area contributed by atoms with Gasteiger partial charge in [0.2, 0.25) is 11.7 Å². The summed E-state index contributed by atoms with van der Waals surface area (Å²) in [7, 11) is 0. The van der Waals surface area contributed by atoms with E-state index in [0.29, 0.717) is 11.8 Å². The molecule has 0 aromatic rings. The van der Waals surface area contributed by atoms with Gasteiger partial charge in [-0.25, -0.2) is 9.59 Å². The monoisotopic (exact) mass is 375 g/mol. The molecule has 142 valence electrons. The predicted octanol–water partition coefficient (Wildman–Crippen LogP) is 0.861. The third-order valence-corrected chi connectivity index (χ3v) is 4.01. The second-order valence-corrected chi connectivity index (χ2v) is 6.84. The maximum absolute atomic E-state index is 12.0. The van der Waals surface area contributed by atoms with Crippen molar-refractivity contribution >= 4 is 40.5 Å². The van der Waals surface area contributed by atoms with Gasteiger partial charge in [-0.2, -0.15) is 0 Å². The fourth-order valence-corrected chi connectivity index (χ4v) is 2.60. The topological polar surface area (TPSA) is 116 Å². The second-order valence-electron chi connectivity index (χ2n) is 5.41. The van der Waals surface area contributed by atoms with E-state index in [2.05, 4.69) is 10.1 Å². The van der Waals surface area contributed by atoms with Crippen LogP contribution in [0.3, 0.4) is 0 Å². The molecule has 0 aliphatic heterocycles. The van der Waals surface area contributed by atoms with Gasteiger partial charge in [0.05, 0.1) is 19.6 Å². The minimum atomic E-state index is -1.07. The van der Waals surface area contributed by atoms with Gasteiger partial charge < -0.3 is 14.8 Å². The van der Waals surface area contributed by atoms with Gasteiger partial charge in [0.15, 0.2) is 5.12 Å². The third kappa shape index (κ3) is 8.67. The molecule has 0 saturated heterocycles. The van der Waals surface area contributed by atoms with Gasteiger partial charge >= 0.3 is 11.9 Å². The summed E-state index contributed by atoms with van der Waals surface area (Å²) in [4.78, 5) is 58.6. The molecule has 1 N–H and O–H groups in total. The first-order chi connectivity index (χ1) is 11.6. The number of ether oxygens (including phenoxy) is 2. The van der Waals surface area contributed by atoms with E-state index >= 15 is 0 Å². The van der Waals surface area contributed by atoms with Crippen LogP contribution in [-0.4, -0.2) is 53.2 Å². The number of ketones is 1. The lowest BCUT2D eigenvalue weighted by Gasteiger charge is -2.23. The number of nitrogens with one attached hydrogen (secondary N) is 1. The molecule has 1 amide bonds. The molecular formula is C16H25NO7S. The van der Waals surface area contributed by atoms with E-state index in [1.807, 2.05) is 0 Å². The van der Waals surface area contributed by atoms with Crippen LogP contribution in [0.2, 0.25) is 0 Å². The van der Waals surface area contributed by atoms with Crippen LogP contribution < -0.4 is 5.32 Å². The Balaban J connectivity index is 4.89. The number of thioether (sulfide) groups is 1. The summed E-state index contributed by atoms with van der Waals surface area (Å²) >= 11 is 0.696. The highest BCUT2D eigenvalue weighted by Crippen LogP contribution is 2.19. The summed E-state index contributed by atoms with van der Waals surface area (Å²) in [6.07, 6.45) is -0.637. The third-order valence-electron chi connectivity index (χ3n) is 2.96. The van der Waals surface area contributed by atoms with E-state index < -0.39 is 40.5 Å². The highest BCUT2D eigenvalue weighted by molar-refractivity contribution is 8.14. The summed E-state index contributed by atoms with van der Waals surface area (Å²) in [5.41, 5.74) is 0. The smallest absolute Gasteiger partial charge is 0.375 e. The number of hydrogen-bond donors (Lipinski definition) is 1. The lowest BCUT2D eigenvalue weighted by atomic mass is 10.1. The molecular weight excluding hydrogens is 350 g/mol. The van der Waals surface area contributed by atoms with Crippen molar-refractivity contribution in [2.45, 2.75) is 52.3 Å². The molecule has 0 saturated carbocycles. The molecule has 0 bridgehead atoms. The normalized spacial score (nSPS) is 12.9. The van der Waals surface area contributed by atoms with Crippen molar-refractivity contribution < 1.29 is 33.4 Å². The summed E-state index contributed by atoms with van der Waals surface area (Å²) < 4.78 is 9.44. The van der Waals surface area contributed by atoms with Crippen LogP contribution in [0.15, 0.2) is 0 Å². The Morgan fingerprint density at radius 1 is 0.960 bits per heavy atom. The molecule has 25 heavy (non-hydrogen) atoms. The minimum absolute atomic E-state index is 0.0362. The zero-order valence-electron chi connectivity index (χ0n) is 15.1. The lowest BCUT2D eigenvalue weighted by Crippen LogP contribution is -2.49. The molecule has 9 heteroatoms. The van der Waals surface area contributed by atoms with Crippen LogP contribution >= 0.6 is 11.8 Å². The first-order valence-corrected chi connectivity index (χ1v) is 8.88. The molecule has 2 atom stereocenters. The summed E-state index contributed by atoms with van der Waals surface area (Å²) in [5, 5.41) is 1.26. The van der Waals surface area contributed by atoms with E-state index in [-0.39, 0.29) is 25.0 Å². The zero-order valence-corrected chi connectivity index (χ0v) is 15.9. The molecule has 2 unspecified atom stereocenters. The highest BCUT2D eigenvalue weighted by atomic mass is 32.2. The van der Waals surface area contributed by atoms with Crippen LogP contribution in [0.4, 0.5) is 0 Å². The van der Waals surface area contributed by atoms with Crippen LogP contribution in [-0.2, 0) is 33.4 Å². The maximum atomic E-state index is 12.0. The SMILES string of the molecule is CCOC(=O)C(=O)CC(=O)SC(C)C(NC(=O)C(C)C)C(=O)OCC. The van der Waals surface area contributed by atoms with Gasteiger partial charge in [-0.3, -0.25) is 14.4 Å². The summed E-state index contributed by atoms with van der Waals surface area (Å²) in [6.45, 7) is 8.22. The molecule has 0 aliphatic rings. The van der Waals surface area contributed by atoms with Crippen LogP contribution in [0.5, 0.6) is 0 Å². The van der Waals surface area contributed by atoms with E-state index in [4.69, 9.17) is 4.74 Å². The minimum Gasteiger partial charge on any atom is -0.464 e. The Hall–Kier alpha value is -1.90. The van der Waals surface area contributed by atoms with Gasteiger partial charge in [0, 0.05) is 11.2 Å². The number of carbonyl (C=O) groups is 5. The predicted molar refractivity (Wildman–Crippen MR) is 91.7 cm³/mol. The van der Waals surface area contributed by atoms with Crippen LogP contribution in [0, 0.1) is 5.92 Å². The molecule has 0 rings (SSSR count).